The van der Waals surface area contributed by atoms with Crippen LogP contribution in [0, 0.1) is 10.8 Å². The predicted molar refractivity (Wildman–Crippen MR) is 259 cm³/mol. The third-order valence-corrected chi connectivity index (χ3v) is 18.7. The minimum absolute atomic E-state index is 0.0232. The number of anilines is 4. The standard InChI is InChI=1S/C52H44B2N2O3S2/c1-49(2)45-47(60-51(49,5)6)53-33-25-31-32-26-34-42(28-40(32)59-39(31)27-41(33)57-37-23-15-21-35(43(37)53)55(45)29-17-11-9-12-18-29)58-38-24-16-22-36-44(38)54(34)48-46(50(3,4)52(7,8)61-48)56(36)30-19-13-10-14-20-30/h9-28H,1-8H3. The molecule has 5 nitrogen and oxygen atoms in total. The second kappa shape index (κ2) is 11.8. The zero-order valence-corrected chi connectivity index (χ0v) is 37.3. The molecule has 0 spiro atoms. The van der Waals surface area contributed by atoms with Crippen LogP contribution >= 0.6 is 23.5 Å². The third kappa shape index (κ3) is 4.54. The number of ether oxygens (including phenoxy) is 2. The zero-order chi connectivity index (χ0) is 41.5. The fourth-order valence-corrected chi connectivity index (χ4v) is 14.4. The van der Waals surface area contributed by atoms with Gasteiger partial charge in [-0.2, -0.15) is 0 Å². The van der Waals surface area contributed by atoms with Gasteiger partial charge in [-0.15, -0.1) is 23.5 Å². The molecule has 7 heterocycles. The molecule has 7 aromatic rings. The minimum atomic E-state index is -0.124. The van der Waals surface area contributed by atoms with Crippen LogP contribution in [0.3, 0.4) is 0 Å². The normalized spacial score (nSPS) is 20.2. The first-order valence-electron chi connectivity index (χ1n) is 21.5. The molecule has 0 fully saturated rings. The molecule has 6 aliphatic rings. The number of fused-ring (bicyclic) bond motifs is 9. The highest BCUT2D eigenvalue weighted by Gasteiger charge is 2.59. The van der Waals surface area contributed by atoms with Crippen molar-refractivity contribution in [3.8, 4) is 23.0 Å². The van der Waals surface area contributed by atoms with E-state index in [-0.39, 0.29) is 33.7 Å². The molecule has 9 heteroatoms. The first-order chi connectivity index (χ1) is 29.2. The number of nitrogens with zero attached hydrogens (tertiary/aromatic N) is 2. The van der Waals surface area contributed by atoms with E-state index >= 15 is 0 Å². The highest BCUT2D eigenvalue weighted by Crippen LogP contribution is 2.64. The Morgan fingerprint density at radius 2 is 0.869 bits per heavy atom. The highest BCUT2D eigenvalue weighted by molar-refractivity contribution is 8.07. The monoisotopic (exact) mass is 830 g/mol. The van der Waals surface area contributed by atoms with Gasteiger partial charge in [-0.3, -0.25) is 0 Å². The van der Waals surface area contributed by atoms with Crippen molar-refractivity contribution in [1.82, 2.24) is 0 Å². The summed E-state index contributed by atoms with van der Waals surface area (Å²) < 4.78 is 20.6. The molecule has 0 saturated carbocycles. The molecule has 1 aromatic heterocycles. The maximum absolute atomic E-state index is 6.94. The molecule has 61 heavy (non-hydrogen) atoms. The highest BCUT2D eigenvalue weighted by atomic mass is 32.2. The molecule has 298 valence electrons. The van der Waals surface area contributed by atoms with Crippen molar-refractivity contribution < 1.29 is 13.9 Å². The van der Waals surface area contributed by atoms with E-state index < -0.39 is 0 Å². The predicted octanol–water partition coefficient (Wildman–Crippen LogP) is 11.9. The molecule has 6 aliphatic heterocycles. The van der Waals surface area contributed by atoms with Crippen molar-refractivity contribution in [1.29, 1.82) is 0 Å². The Hall–Kier alpha value is -5.37. The Bertz CT molecular complexity index is 2980. The lowest BCUT2D eigenvalue weighted by molar-refractivity contribution is 0.352. The maximum atomic E-state index is 6.94. The van der Waals surface area contributed by atoms with Crippen LogP contribution < -0.4 is 41.1 Å². The number of rotatable bonds is 2. The second-order valence-corrected chi connectivity index (χ2v) is 22.9. The van der Waals surface area contributed by atoms with Crippen LogP contribution in [0.25, 0.3) is 21.9 Å². The minimum Gasteiger partial charge on any atom is -0.458 e. The third-order valence-electron chi connectivity index (χ3n) is 15.3. The molecular weight excluding hydrogens is 786 g/mol. The van der Waals surface area contributed by atoms with E-state index in [2.05, 4.69) is 187 Å². The summed E-state index contributed by atoms with van der Waals surface area (Å²) in [5.41, 5.74) is 13.7. The van der Waals surface area contributed by atoms with Crippen LogP contribution in [-0.4, -0.2) is 22.9 Å². The number of allylic oxidation sites excluding steroid dienone is 2. The van der Waals surface area contributed by atoms with E-state index in [1.165, 1.54) is 65.6 Å². The molecule has 0 amide bonds. The molecule has 0 unspecified atom stereocenters. The van der Waals surface area contributed by atoms with Crippen LogP contribution in [0.1, 0.15) is 55.4 Å². The smallest absolute Gasteiger partial charge is 0.263 e. The van der Waals surface area contributed by atoms with Crippen LogP contribution in [0.2, 0.25) is 0 Å². The Balaban J connectivity index is 1.04. The lowest BCUT2D eigenvalue weighted by Crippen LogP contribution is -2.53. The van der Waals surface area contributed by atoms with Gasteiger partial charge in [0.05, 0.1) is 0 Å². The maximum Gasteiger partial charge on any atom is 0.263 e. The fourth-order valence-electron chi connectivity index (χ4n) is 11.0. The Morgan fingerprint density at radius 3 is 1.28 bits per heavy atom. The van der Waals surface area contributed by atoms with E-state index in [9.17, 15) is 0 Å². The molecule has 0 bridgehead atoms. The van der Waals surface area contributed by atoms with Crippen molar-refractivity contribution in [3.63, 3.8) is 0 Å². The van der Waals surface area contributed by atoms with Gasteiger partial charge in [0.15, 0.2) is 0 Å². The van der Waals surface area contributed by atoms with Crippen LogP contribution in [0.4, 0.5) is 22.7 Å². The molecule has 0 saturated heterocycles. The first-order valence-corrected chi connectivity index (χ1v) is 23.1. The molecule has 6 aromatic carbocycles. The van der Waals surface area contributed by atoms with Gasteiger partial charge in [0, 0.05) is 77.4 Å². The van der Waals surface area contributed by atoms with Gasteiger partial charge in [-0.1, -0.05) is 88.4 Å². The fraction of sp³-hybridized carbons (Fsp3) is 0.231. The number of hydrogen-bond donors (Lipinski definition) is 0. The largest absolute Gasteiger partial charge is 0.458 e. The van der Waals surface area contributed by atoms with Crippen molar-refractivity contribution >= 4 is 103 Å². The van der Waals surface area contributed by atoms with E-state index in [0.29, 0.717) is 0 Å². The molecule has 13 rings (SSSR count). The van der Waals surface area contributed by atoms with Crippen molar-refractivity contribution in [2.45, 2.75) is 64.9 Å². The summed E-state index contributed by atoms with van der Waals surface area (Å²) in [5, 5.41) is 2.20. The summed E-state index contributed by atoms with van der Waals surface area (Å²) in [7, 11) is 0. The van der Waals surface area contributed by atoms with Gasteiger partial charge >= 0.3 is 0 Å². The lowest BCUT2D eigenvalue weighted by atomic mass is 9.36. The number of thioether (sulfide) groups is 2. The zero-order valence-electron chi connectivity index (χ0n) is 35.6. The summed E-state index contributed by atoms with van der Waals surface area (Å²) >= 11 is 4.06. The number of para-hydroxylation sites is 2. The SMILES string of the molecule is CC1(C)SC2=C(N(c3ccccc3)c3cccc4c3B2c2cc3c(cc2O4)oc2cc4c(cc23)B2C3=C(N(c5ccccc5)c5cccc(c52)O4)C(C)(C)C(C)(C)S3)C1(C)C. The lowest BCUT2D eigenvalue weighted by Gasteiger charge is -2.44. The molecule has 0 radical (unpaired) electrons. The molecule has 0 atom stereocenters. The first kappa shape index (κ1) is 36.3. The van der Waals surface area contributed by atoms with Crippen molar-refractivity contribution in [2.24, 2.45) is 10.8 Å². The summed E-state index contributed by atoms with van der Waals surface area (Å²) in [6, 6.07) is 43.9. The Morgan fingerprint density at radius 1 is 0.459 bits per heavy atom. The summed E-state index contributed by atoms with van der Waals surface area (Å²) in [5.74, 6) is 3.53. The molecule has 0 N–H and O–H groups in total. The topological polar surface area (TPSA) is 38.1 Å². The van der Waals surface area contributed by atoms with Crippen LogP contribution in [0.15, 0.2) is 147 Å². The average Bonchev–Trinajstić information content (AvgIpc) is 3.75. The van der Waals surface area contributed by atoms with Crippen molar-refractivity contribution in [2.75, 3.05) is 9.80 Å². The van der Waals surface area contributed by atoms with Gasteiger partial charge in [-0.05, 0) is 108 Å². The van der Waals surface area contributed by atoms with Crippen LogP contribution in [-0.2, 0) is 0 Å². The van der Waals surface area contributed by atoms with Gasteiger partial charge < -0.3 is 23.7 Å². The van der Waals surface area contributed by atoms with Gasteiger partial charge in [0.2, 0.25) is 0 Å². The summed E-state index contributed by atoms with van der Waals surface area (Å²) in [6.07, 6.45) is 0. The van der Waals surface area contributed by atoms with E-state index in [4.69, 9.17) is 13.9 Å². The van der Waals surface area contributed by atoms with E-state index in [0.717, 1.165) is 44.9 Å². The second-order valence-electron chi connectivity index (χ2n) is 19.6. The molecular formula is C52H44B2N2O3S2. The quantitative estimate of drug-likeness (QED) is 0.161. The Labute approximate surface area is 366 Å². The average molecular weight is 831 g/mol. The van der Waals surface area contributed by atoms with Crippen molar-refractivity contribution in [3.05, 3.63) is 142 Å². The summed E-state index contributed by atoms with van der Waals surface area (Å²) in [6.45, 7) is 19.4. The van der Waals surface area contributed by atoms with Crippen LogP contribution in [0.5, 0.6) is 23.0 Å². The number of furan rings is 1. The molecule has 0 aliphatic carbocycles. The van der Waals surface area contributed by atoms with E-state index in [1.54, 1.807) is 0 Å². The van der Waals surface area contributed by atoms with Gasteiger partial charge in [-0.25, -0.2) is 0 Å². The van der Waals surface area contributed by atoms with Gasteiger partial charge in [0.25, 0.3) is 13.4 Å². The van der Waals surface area contributed by atoms with Gasteiger partial charge in [0.1, 0.15) is 34.2 Å². The number of hydrogen-bond acceptors (Lipinski definition) is 7. The Kier molecular flexibility index (Phi) is 6.99. The number of benzene rings is 6. The van der Waals surface area contributed by atoms with E-state index in [1.807, 2.05) is 23.5 Å². The summed E-state index contributed by atoms with van der Waals surface area (Å²) in [4.78, 5) is 7.83.